The maximum atomic E-state index is 12.4. The molecular weight excluding hydrogens is 364 g/mol. The predicted octanol–water partition coefficient (Wildman–Crippen LogP) is 3.89. The minimum atomic E-state index is -0.386. The molecule has 3 rings (SSSR count). The third-order valence-corrected chi connectivity index (χ3v) is 6.30. The van der Waals surface area contributed by atoms with Crippen LogP contribution in [0, 0.1) is 11.3 Å². The van der Waals surface area contributed by atoms with E-state index in [4.69, 9.17) is 10.5 Å². The van der Waals surface area contributed by atoms with Crippen molar-refractivity contribution in [1.82, 2.24) is 0 Å². The first-order chi connectivity index (χ1) is 10.6. The first kappa shape index (κ1) is 15.3. The van der Waals surface area contributed by atoms with Crippen LogP contribution in [0.15, 0.2) is 33.3 Å². The molecule has 0 amide bonds. The van der Waals surface area contributed by atoms with E-state index in [9.17, 15) is 10.1 Å². The number of ketones is 1. The Morgan fingerprint density at radius 2 is 2.32 bits per heavy atom. The van der Waals surface area contributed by atoms with Crippen molar-refractivity contribution < 1.29 is 9.53 Å². The molecule has 0 spiro atoms. The number of carbonyl (C=O) groups is 1. The van der Waals surface area contributed by atoms with Gasteiger partial charge in [-0.2, -0.15) is 5.26 Å². The van der Waals surface area contributed by atoms with Gasteiger partial charge in [-0.15, -0.1) is 11.3 Å². The molecule has 6 heteroatoms. The molecule has 0 bridgehead atoms. The number of hydrogen-bond acceptors (Lipinski definition) is 5. The molecule has 0 saturated heterocycles. The number of rotatable bonds is 2. The highest BCUT2D eigenvalue weighted by atomic mass is 79.9. The quantitative estimate of drug-likeness (QED) is 0.846. The Kier molecular flexibility index (Phi) is 4.11. The number of Topliss-reactive ketones (excluding diaryl/α,β-unsaturated/α-hetero) is 1. The Hall–Kier alpha value is -1.58. The SMILES string of the molecule is CCc1sc(C2C(C#N)=C(N)OC3=C2C(=O)CCC3)cc1Br. The van der Waals surface area contributed by atoms with Gasteiger partial charge in [-0.05, 0) is 34.8 Å². The molecule has 2 aliphatic rings. The smallest absolute Gasteiger partial charge is 0.205 e. The molecule has 0 aromatic carbocycles. The minimum absolute atomic E-state index is 0.0640. The van der Waals surface area contributed by atoms with Crippen LogP contribution in [-0.2, 0) is 16.0 Å². The summed E-state index contributed by atoms with van der Waals surface area (Å²) in [5.41, 5.74) is 6.89. The van der Waals surface area contributed by atoms with Gasteiger partial charge in [0, 0.05) is 32.6 Å². The molecule has 0 fully saturated rings. The molecule has 1 aliphatic heterocycles. The second-order valence-corrected chi connectivity index (χ2v) is 7.33. The average molecular weight is 379 g/mol. The van der Waals surface area contributed by atoms with Crippen molar-refractivity contribution >= 4 is 33.0 Å². The number of nitrogens with zero attached hydrogens (tertiary/aromatic N) is 1. The fourth-order valence-corrected chi connectivity index (χ4v) is 4.99. The molecule has 1 aliphatic carbocycles. The normalized spacial score (nSPS) is 21.5. The Bertz CT molecular complexity index is 755. The number of hydrogen-bond donors (Lipinski definition) is 1. The molecular formula is C16H15BrN2O2S. The van der Waals surface area contributed by atoms with E-state index < -0.39 is 0 Å². The number of carbonyl (C=O) groups excluding carboxylic acids is 1. The highest BCUT2D eigenvalue weighted by Crippen LogP contribution is 2.46. The highest BCUT2D eigenvalue weighted by molar-refractivity contribution is 9.10. The lowest BCUT2D eigenvalue weighted by Gasteiger charge is -2.30. The maximum absolute atomic E-state index is 12.4. The van der Waals surface area contributed by atoms with Gasteiger partial charge in [-0.25, -0.2) is 0 Å². The Balaban J connectivity index is 2.17. The first-order valence-electron chi connectivity index (χ1n) is 7.18. The molecule has 4 nitrogen and oxygen atoms in total. The van der Waals surface area contributed by atoms with Crippen LogP contribution in [-0.4, -0.2) is 5.78 Å². The lowest BCUT2D eigenvalue weighted by Crippen LogP contribution is -2.26. The van der Waals surface area contributed by atoms with E-state index in [1.807, 2.05) is 6.07 Å². The molecule has 114 valence electrons. The van der Waals surface area contributed by atoms with E-state index >= 15 is 0 Å². The predicted molar refractivity (Wildman–Crippen MR) is 87.9 cm³/mol. The van der Waals surface area contributed by atoms with Gasteiger partial charge in [0.1, 0.15) is 17.4 Å². The summed E-state index contributed by atoms with van der Waals surface area (Å²) in [5.74, 6) is 0.445. The van der Waals surface area contributed by atoms with Gasteiger partial charge in [0.15, 0.2) is 5.78 Å². The zero-order valence-corrected chi connectivity index (χ0v) is 14.5. The third-order valence-electron chi connectivity index (χ3n) is 3.99. The second kappa shape index (κ2) is 5.90. The van der Waals surface area contributed by atoms with Crippen molar-refractivity contribution in [2.75, 3.05) is 0 Å². The molecule has 2 heterocycles. The standard InChI is InChI=1S/C16H15BrN2O2S/c1-2-12-9(17)6-13(22-12)14-8(7-18)16(19)21-11-5-3-4-10(20)15(11)14/h6,14H,2-5,19H2,1H3. The summed E-state index contributed by atoms with van der Waals surface area (Å²) in [5, 5.41) is 9.49. The summed E-state index contributed by atoms with van der Waals surface area (Å²) < 4.78 is 6.58. The molecule has 1 aromatic heterocycles. The van der Waals surface area contributed by atoms with Crippen LogP contribution < -0.4 is 5.73 Å². The van der Waals surface area contributed by atoms with Crippen LogP contribution >= 0.6 is 27.3 Å². The van der Waals surface area contributed by atoms with E-state index in [1.165, 1.54) is 4.88 Å². The molecule has 1 unspecified atom stereocenters. The molecule has 1 atom stereocenters. The van der Waals surface area contributed by atoms with E-state index in [2.05, 4.69) is 28.9 Å². The Morgan fingerprint density at radius 3 is 2.95 bits per heavy atom. The van der Waals surface area contributed by atoms with Crippen molar-refractivity contribution in [3.05, 3.63) is 43.1 Å². The average Bonchev–Trinajstić information content (AvgIpc) is 2.87. The molecule has 0 radical (unpaired) electrons. The van der Waals surface area contributed by atoms with Crippen LogP contribution in [0.2, 0.25) is 0 Å². The number of nitrogens with two attached hydrogens (primary N) is 1. The minimum Gasteiger partial charge on any atom is -0.444 e. The van der Waals surface area contributed by atoms with Gasteiger partial charge in [0.25, 0.3) is 0 Å². The highest BCUT2D eigenvalue weighted by Gasteiger charge is 2.38. The zero-order valence-electron chi connectivity index (χ0n) is 12.1. The number of aryl methyl sites for hydroxylation is 1. The number of nitriles is 1. The maximum Gasteiger partial charge on any atom is 0.205 e. The first-order valence-corrected chi connectivity index (χ1v) is 8.79. The van der Waals surface area contributed by atoms with Gasteiger partial charge in [0.05, 0.1) is 5.92 Å². The molecule has 2 N–H and O–H groups in total. The summed E-state index contributed by atoms with van der Waals surface area (Å²) in [7, 11) is 0. The van der Waals surface area contributed by atoms with Gasteiger partial charge in [0.2, 0.25) is 5.88 Å². The summed E-state index contributed by atoms with van der Waals surface area (Å²) in [6.45, 7) is 2.08. The number of ether oxygens (including phenoxy) is 1. The summed E-state index contributed by atoms with van der Waals surface area (Å²) >= 11 is 5.17. The Morgan fingerprint density at radius 1 is 1.55 bits per heavy atom. The fourth-order valence-electron chi connectivity index (χ4n) is 2.95. The topological polar surface area (TPSA) is 76.1 Å². The van der Waals surface area contributed by atoms with E-state index in [0.717, 1.165) is 22.2 Å². The van der Waals surface area contributed by atoms with Crippen LogP contribution in [0.3, 0.4) is 0 Å². The zero-order chi connectivity index (χ0) is 15.9. The number of halogens is 1. The van der Waals surface area contributed by atoms with Crippen LogP contribution in [0.1, 0.15) is 41.9 Å². The fraction of sp³-hybridized carbons (Fsp3) is 0.375. The Labute approximate surface area is 141 Å². The van der Waals surface area contributed by atoms with Crippen LogP contribution in [0.5, 0.6) is 0 Å². The van der Waals surface area contributed by atoms with Gasteiger partial charge >= 0.3 is 0 Å². The monoisotopic (exact) mass is 378 g/mol. The van der Waals surface area contributed by atoms with Crippen molar-refractivity contribution in [2.24, 2.45) is 5.73 Å². The molecule has 22 heavy (non-hydrogen) atoms. The van der Waals surface area contributed by atoms with E-state index in [1.54, 1.807) is 11.3 Å². The largest absolute Gasteiger partial charge is 0.444 e. The van der Waals surface area contributed by atoms with Crippen molar-refractivity contribution in [1.29, 1.82) is 5.26 Å². The van der Waals surface area contributed by atoms with E-state index in [-0.39, 0.29) is 17.6 Å². The molecule has 0 saturated carbocycles. The van der Waals surface area contributed by atoms with Crippen molar-refractivity contribution in [3.63, 3.8) is 0 Å². The van der Waals surface area contributed by atoms with E-state index in [0.29, 0.717) is 29.7 Å². The molecule has 1 aromatic rings. The lowest BCUT2D eigenvalue weighted by atomic mass is 9.80. The summed E-state index contributed by atoms with van der Waals surface area (Å²) in [6, 6.07) is 4.13. The lowest BCUT2D eigenvalue weighted by molar-refractivity contribution is -0.116. The van der Waals surface area contributed by atoms with Crippen LogP contribution in [0.25, 0.3) is 0 Å². The number of thiophene rings is 1. The van der Waals surface area contributed by atoms with Gasteiger partial charge < -0.3 is 10.5 Å². The number of allylic oxidation sites excluding steroid dienone is 3. The van der Waals surface area contributed by atoms with Crippen LogP contribution in [0.4, 0.5) is 0 Å². The van der Waals surface area contributed by atoms with Gasteiger partial charge in [-0.1, -0.05) is 6.92 Å². The summed E-state index contributed by atoms with van der Waals surface area (Å²) in [4.78, 5) is 14.6. The van der Waals surface area contributed by atoms with Gasteiger partial charge in [-0.3, -0.25) is 4.79 Å². The van der Waals surface area contributed by atoms with Crippen molar-refractivity contribution in [3.8, 4) is 6.07 Å². The summed E-state index contributed by atoms with van der Waals surface area (Å²) in [6.07, 6.45) is 2.87. The third kappa shape index (κ3) is 2.38. The van der Waals surface area contributed by atoms with Crippen molar-refractivity contribution in [2.45, 2.75) is 38.5 Å². The second-order valence-electron chi connectivity index (χ2n) is 5.31.